The second-order valence-electron chi connectivity index (χ2n) is 3.96. The topological polar surface area (TPSA) is 49.2 Å². The average molecular weight is 207 g/mol. The summed E-state index contributed by atoms with van der Waals surface area (Å²) in [6.07, 6.45) is 6.34. The van der Waals surface area contributed by atoms with Crippen molar-refractivity contribution in [1.29, 1.82) is 0 Å². The first-order valence-corrected chi connectivity index (χ1v) is 5.57. The van der Waals surface area contributed by atoms with Gasteiger partial charge in [-0.2, -0.15) is 5.10 Å². The van der Waals surface area contributed by atoms with E-state index >= 15 is 0 Å². The molecule has 4 nitrogen and oxygen atoms in total. The molecule has 1 aliphatic heterocycles. The molecule has 1 aromatic rings. The highest BCUT2D eigenvalue weighted by molar-refractivity contribution is 5.38. The fourth-order valence-corrected chi connectivity index (χ4v) is 2.12. The van der Waals surface area contributed by atoms with Crippen LogP contribution in [0.2, 0.25) is 0 Å². The molecule has 0 amide bonds. The zero-order chi connectivity index (χ0) is 10.5. The molecule has 0 aromatic carbocycles. The van der Waals surface area contributed by atoms with Crippen LogP contribution in [0.15, 0.2) is 18.3 Å². The van der Waals surface area contributed by atoms with E-state index in [4.69, 9.17) is 0 Å². The molecular weight excluding hydrogens is 190 g/mol. The van der Waals surface area contributed by atoms with E-state index in [1.807, 2.05) is 12.1 Å². The molecule has 0 spiro atoms. The third kappa shape index (κ3) is 2.45. The molecule has 0 radical (unpaired) electrons. The van der Waals surface area contributed by atoms with Crippen molar-refractivity contribution in [1.82, 2.24) is 10.2 Å². The summed E-state index contributed by atoms with van der Waals surface area (Å²) in [6, 6.07) is 4.06. The van der Waals surface area contributed by atoms with Gasteiger partial charge in [0.25, 0.3) is 0 Å². The van der Waals surface area contributed by atoms with Gasteiger partial charge in [-0.15, -0.1) is 5.10 Å². The van der Waals surface area contributed by atoms with Crippen LogP contribution in [0.3, 0.4) is 0 Å². The number of aromatic nitrogens is 2. The lowest BCUT2D eigenvalue weighted by atomic mass is 10.1. The van der Waals surface area contributed by atoms with Crippen LogP contribution in [0.4, 0.5) is 5.82 Å². The number of rotatable bonds is 2. The normalized spacial score (nSPS) is 22.5. The standard InChI is InChI=1S/C11H17N3O/c15-9-10-5-2-1-3-8-14(10)11-6-4-7-12-13-11/h4,6-7,10,15H,1-3,5,8-9H2. The van der Waals surface area contributed by atoms with Gasteiger partial charge in [-0.3, -0.25) is 0 Å². The molecular formula is C11H17N3O. The molecule has 1 fully saturated rings. The number of aliphatic hydroxyl groups is 1. The molecule has 2 rings (SSSR count). The van der Waals surface area contributed by atoms with Gasteiger partial charge in [-0.05, 0) is 25.0 Å². The first kappa shape index (κ1) is 10.4. The highest BCUT2D eigenvalue weighted by Gasteiger charge is 2.21. The number of hydrogen-bond acceptors (Lipinski definition) is 4. The van der Waals surface area contributed by atoms with Crippen molar-refractivity contribution < 1.29 is 5.11 Å². The molecule has 0 bridgehead atoms. The van der Waals surface area contributed by atoms with Crippen molar-refractivity contribution in [2.75, 3.05) is 18.1 Å². The lowest BCUT2D eigenvalue weighted by Crippen LogP contribution is -2.38. The second-order valence-corrected chi connectivity index (χ2v) is 3.96. The van der Waals surface area contributed by atoms with Crippen molar-refractivity contribution in [2.24, 2.45) is 0 Å². The van der Waals surface area contributed by atoms with Crippen molar-refractivity contribution in [2.45, 2.75) is 31.7 Å². The number of nitrogens with zero attached hydrogens (tertiary/aromatic N) is 3. The summed E-state index contributed by atoms with van der Waals surface area (Å²) in [5.41, 5.74) is 0. The van der Waals surface area contributed by atoms with E-state index in [0.717, 1.165) is 18.8 Å². The Bertz CT molecular complexity index is 291. The van der Waals surface area contributed by atoms with E-state index in [1.165, 1.54) is 19.3 Å². The predicted octanol–water partition coefficient (Wildman–Crippen LogP) is 1.22. The molecule has 2 heterocycles. The lowest BCUT2D eigenvalue weighted by Gasteiger charge is -2.28. The van der Waals surface area contributed by atoms with Gasteiger partial charge in [0.05, 0.1) is 12.6 Å². The smallest absolute Gasteiger partial charge is 0.151 e. The molecule has 4 heteroatoms. The van der Waals surface area contributed by atoms with Crippen LogP contribution in [0, 0.1) is 0 Å². The van der Waals surface area contributed by atoms with Gasteiger partial charge in [0.1, 0.15) is 0 Å². The number of hydrogen-bond donors (Lipinski definition) is 1. The molecule has 0 saturated carbocycles. The van der Waals surface area contributed by atoms with Gasteiger partial charge in [0.15, 0.2) is 5.82 Å². The van der Waals surface area contributed by atoms with Crippen molar-refractivity contribution in [3.05, 3.63) is 18.3 Å². The van der Waals surface area contributed by atoms with Gasteiger partial charge >= 0.3 is 0 Å². The van der Waals surface area contributed by atoms with E-state index in [9.17, 15) is 5.11 Å². The van der Waals surface area contributed by atoms with Gasteiger partial charge in [-0.1, -0.05) is 12.8 Å². The Morgan fingerprint density at radius 3 is 3.07 bits per heavy atom. The minimum absolute atomic E-state index is 0.205. The van der Waals surface area contributed by atoms with Crippen LogP contribution in [-0.4, -0.2) is 34.5 Å². The Morgan fingerprint density at radius 1 is 1.40 bits per heavy atom. The minimum Gasteiger partial charge on any atom is -0.394 e. The third-order valence-corrected chi connectivity index (χ3v) is 2.94. The SMILES string of the molecule is OCC1CCCCCN1c1cccnn1. The van der Waals surface area contributed by atoms with E-state index in [0.29, 0.717) is 0 Å². The molecule has 1 atom stereocenters. The van der Waals surface area contributed by atoms with Crippen molar-refractivity contribution in [3.63, 3.8) is 0 Å². The lowest BCUT2D eigenvalue weighted by molar-refractivity contribution is 0.254. The first-order valence-electron chi connectivity index (χ1n) is 5.57. The van der Waals surface area contributed by atoms with Crippen molar-refractivity contribution in [3.8, 4) is 0 Å². The van der Waals surface area contributed by atoms with E-state index in [-0.39, 0.29) is 12.6 Å². The summed E-state index contributed by atoms with van der Waals surface area (Å²) in [5, 5.41) is 17.4. The summed E-state index contributed by atoms with van der Waals surface area (Å²) in [6.45, 7) is 1.18. The van der Waals surface area contributed by atoms with Crippen LogP contribution in [-0.2, 0) is 0 Å². The minimum atomic E-state index is 0.205. The van der Waals surface area contributed by atoms with Crippen LogP contribution >= 0.6 is 0 Å². The molecule has 15 heavy (non-hydrogen) atoms. The van der Waals surface area contributed by atoms with E-state index in [2.05, 4.69) is 15.1 Å². The molecule has 0 aliphatic carbocycles. The fourth-order valence-electron chi connectivity index (χ4n) is 2.12. The van der Waals surface area contributed by atoms with Crippen LogP contribution in [0.1, 0.15) is 25.7 Å². The molecule has 82 valence electrons. The number of aliphatic hydroxyl groups excluding tert-OH is 1. The Balaban J connectivity index is 2.16. The Kier molecular flexibility index (Phi) is 3.50. The molecule has 1 aliphatic rings. The van der Waals surface area contributed by atoms with Gasteiger partial charge in [-0.25, -0.2) is 0 Å². The van der Waals surface area contributed by atoms with Gasteiger partial charge < -0.3 is 10.0 Å². The molecule has 1 unspecified atom stereocenters. The summed E-state index contributed by atoms with van der Waals surface area (Å²) in [7, 11) is 0. The summed E-state index contributed by atoms with van der Waals surface area (Å²) >= 11 is 0. The fraction of sp³-hybridized carbons (Fsp3) is 0.636. The Labute approximate surface area is 89.9 Å². The van der Waals surface area contributed by atoms with Crippen LogP contribution in [0.25, 0.3) is 0 Å². The van der Waals surface area contributed by atoms with Gasteiger partial charge in [0, 0.05) is 12.7 Å². The van der Waals surface area contributed by atoms with E-state index in [1.54, 1.807) is 6.20 Å². The summed E-state index contributed by atoms with van der Waals surface area (Å²) < 4.78 is 0. The quantitative estimate of drug-likeness (QED) is 0.792. The Hall–Kier alpha value is -1.16. The molecule has 1 N–H and O–H groups in total. The molecule has 1 saturated heterocycles. The third-order valence-electron chi connectivity index (χ3n) is 2.94. The average Bonchev–Trinajstić information content (AvgIpc) is 2.55. The maximum Gasteiger partial charge on any atom is 0.151 e. The maximum atomic E-state index is 9.36. The highest BCUT2D eigenvalue weighted by atomic mass is 16.3. The zero-order valence-corrected chi connectivity index (χ0v) is 8.84. The molecule has 1 aromatic heterocycles. The van der Waals surface area contributed by atoms with Gasteiger partial charge in [0.2, 0.25) is 0 Å². The zero-order valence-electron chi connectivity index (χ0n) is 8.84. The summed E-state index contributed by atoms with van der Waals surface area (Å²) in [4.78, 5) is 2.18. The highest BCUT2D eigenvalue weighted by Crippen LogP contribution is 2.21. The summed E-state index contributed by atoms with van der Waals surface area (Å²) in [5.74, 6) is 0.887. The van der Waals surface area contributed by atoms with E-state index < -0.39 is 0 Å². The van der Waals surface area contributed by atoms with Crippen LogP contribution in [0.5, 0.6) is 0 Å². The second kappa shape index (κ2) is 5.07. The van der Waals surface area contributed by atoms with Crippen molar-refractivity contribution >= 4 is 5.82 Å². The number of anilines is 1. The first-order chi connectivity index (χ1) is 7.42. The Morgan fingerprint density at radius 2 is 2.33 bits per heavy atom. The predicted molar refractivity (Wildman–Crippen MR) is 58.7 cm³/mol. The largest absolute Gasteiger partial charge is 0.394 e. The maximum absolute atomic E-state index is 9.36. The monoisotopic (exact) mass is 207 g/mol. The van der Waals surface area contributed by atoms with Crippen LogP contribution < -0.4 is 4.90 Å².